The van der Waals surface area contributed by atoms with Crippen molar-refractivity contribution in [1.82, 2.24) is 0 Å². The molecule has 0 unspecified atom stereocenters. The number of thioether (sulfide) groups is 1. The number of carbonyl (C=O) groups is 1. The fourth-order valence-corrected chi connectivity index (χ4v) is 1.75. The Morgan fingerprint density at radius 3 is 2.53 bits per heavy atom. The first-order chi connectivity index (χ1) is 8.27. The van der Waals surface area contributed by atoms with Gasteiger partial charge in [0.25, 0.3) is 0 Å². The largest absolute Gasteiger partial charge is 0.493 e. The molecule has 0 fully saturated rings. The highest BCUT2D eigenvalue weighted by molar-refractivity contribution is 7.99. The topological polar surface area (TPSA) is 35.5 Å². The normalized spacial score (nSPS) is 10.0. The first-order valence-corrected chi connectivity index (χ1v) is 6.91. The molecule has 0 heterocycles. The van der Waals surface area contributed by atoms with Gasteiger partial charge in [0, 0.05) is 5.75 Å². The average Bonchev–Trinajstić information content (AvgIpc) is 2.36. The average molecular weight is 254 g/mol. The van der Waals surface area contributed by atoms with Crippen molar-refractivity contribution in [3.63, 3.8) is 0 Å². The van der Waals surface area contributed by atoms with Gasteiger partial charge in [-0.15, -0.1) is 0 Å². The van der Waals surface area contributed by atoms with Gasteiger partial charge >= 0.3 is 5.97 Å². The van der Waals surface area contributed by atoms with Crippen molar-refractivity contribution in [3.8, 4) is 5.75 Å². The Balaban J connectivity index is 2.42. The number of hydrogen-bond acceptors (Lipinski definition) is 4. The maximum absolute atomic E-state index is 11.4. The molecular weight excluding hydrogens is 236 g/mol. The summed E-state index contributed by atoms with van der Waals surface area (Å²) in [6.07, 6.45) is 0. The van der Waals surface area contributed by atoms with Crippen LogP contribution in [0.5, 0.6) is 5.75 Å². The predicted octanol–water partition coefficient (Wildman–Crippen LogP) is 3.00. The third kappa shape index (κ3) is 5.13. The second-order valence-electron chi connectivity index (χ2n) is 3.29. The SMILES string of the molecule is CCOC(=O)c1ccc(OCCSCC)cc1. The molecule has 94 valence electrons. The summed E-state index contributed by atoms with van der Waals surface area (Å²) in [5.41, 5.74) is 0.558. The van der Waals surface area contributed by atoms with Crippen molar-refractivity contribution >= 4 is 17.7 Å². The Bertz CT molecular complexity index is 335. The van der Waals surface area contributed by atoms with Crippen LogP contribution < -0.4 is 4.74 Å². The summed E-state index contributed by atoms with van der Waals surface area (Å²) in [5, 5.41) is 0. The fraction of sp³-hybridized carbons (Fsp3) is 0.462. The van der Waals surface area contributed by atoms with Crippen molar-refractivity contribution in [2.45, 2.75) is 13.8 Å². The molecule has 0 atom stereocenters. The van der Waals surface area contributed by atoms with Gasteiger partial charge in [-0.2, -0.15) is 11.8 Å². The van der Waals surface area contributed by atoms with Gasteiger partial charge in [-0.25, -0.2) is 4.79 Å². The molecule has 1 aromatic rings. The van der Waals surface area contributed by atoms with Crippen LogP contribution in [0.1, 0.15) is 24.2 Å². The van der Waals surface area contributed by atoms with Crippen LogP contribution >= 0.6 is 11.8 Å². The number of benzene rings is 1. The van der Waals surface area contributed by atoms with Crippen LogP contribution in [0.25, 0.3) is 0 Å². The quantitative estimate of drug-likeness (QED) is 0.553. The summed E-state index contributed by atoms with van der Waals surface area (Å²) in [5.74, 6) is 2.58. The minimum absolute atomic E-state index is 0.291. The molecule has 0 radical (unpaired) electrons. The van der Waals surface area contributed by atoms with E-state index in [0.717, 1.165) is 17.3 Å². The molecule has 1 aromatic carbocycles. The second kappa shape index (κ2) is 8.01. The Morgan fingerprint density at radius 1 is 1.24 bits per heavy atom. The summed E-state index contributed by atoms with van der Waals surface area (Å²) >= 11 is 1.84. The van der Waals surface area contributed by atoms with Crippen LogP contribution in [0.4, 0.5) is 0 Å². The zero-order chi connectivity index (χ0) is 12.5. The lowest BCUT2D eigenvalue weighted by Crippen LogP contribution is -2.05. The van der Waals surface area contributed by atoms with Gasteiger partial charge in [0.05, 0.1) is 18.8 Å². The zero-order valence-corrected chi connectivity index (χ0v) is 11.1. The van der Waals surface area contributed by atoms with E-state index in [0.29, 0.717) is 18.8 Å². The summed E-state index contributed by atoms with van der Waals surface area (Å²) in [6, 6.07) is 7.03. The number of hydrogen-bond donors (Lipinski definition) is 0. The highest BCUT2D eigenvalue weighted by atomic mass is 32.2. The first kappa shape index (κ1) is 13.9. The number of esters is 1. The van der Waals surface area contributed by atoms with E-state index in [1.165, 1.54) is 0 Å². The molecule has 0 aromatic heterocycles. The molecule has 0 spiro atoms. The smallest absolute Gasteiger partial charge is 0.338 e. The molecule has 1 rings (SSSR count). The molecule has 0 aliphatic carbocycles. The van der Waals surface area contributed by atoms with E-state index in [1.807, 2.05) is 11.8 Å². The third-order valence-corrected chi connectivity index (χ3v) is 2.93. The van der Waals surface area contributed by atoms with Gasteiger partial charge in [-0.3, -0.25) is 0 Å². The summed E-state index contributed by atoms with van der Waals surface area (Å²) in [4.78, 5) is 11.4. The van der Waals surface area contributed by atoms with Crippen LogP contribution in [-0.2, 0) is 4.74 Å². The van der Waals surface area contributed by atoms with Gasteiger partial charge in [-0.1, -0.05) is 6.92 Å². The molecule has 3 nitrogen and oxygen atoms in total. The molecule has 4 heteroatoms. The highest BCUT2D eigenvalue weighted by Crippen LogP contribution is 2.13. The molecule has 0 amide bonds. The van der Waals surface area contributed by atoms with E-state index < -0.39 is 0 Å². The summed E-state index contributed by atoms with van der Waals surface area (Å²) in [7, 11) is 0. The molecule has 0 bridgehead atoms. The van der Waals surface area contributed by atoms with Gasteiger partial charge in [-0.05, 0) is 36.9 Å². The molecule has 0 aliphatic rings. The van der Waals surface area contributed by atoms with Gasteiger partial charge in [0.15, 0.2) is 0 Å². The summed E-state index contributed by atoms with van der Waals surface area (Å²) < 4.78 is 10.4. The second-order valence-corrected chi connectivity index (χ2v) is 4.68. The molecule has 0 saturated heterocycles. The lowest BCUT2D eigenvalue weighted by atomic mass is 10.2. The molecule has 17 heavy (non-hydrogen) atoms. The van der Waals surface area contributed by atoms with Crippen molar-refractivity contribution in [2.24, 2.45) is 0 Å². The Morgan fingerprint density at radius 2 is 1.94 bits per heavy atom. The van der Waals surface area contributed by atoms with Crippen LogP contribution in [0.15, 0.2) is 24.3 Å². The number of rotatable bonds is 7. The Labute approximate surface area is 106 Å². The van der Waals surface area contributed by atoms with Gasteiger partial charge in [0.1, 0.15) is 5.75 Å². The molecule has 0 N–H and O–H groups in total. The van der Waals surface area contributed by atoms with Crippen LogP contribution in [-0.4, -0.2) is 30.7 Å². The minimum Gasteiger partial charge on any atom is -0.493 e. The van der Waals surface area contributed by atoms with Gasteiger partial charge < -0.3 is 9.47 Å². The van der Waals surface area contributed by atoms with Crippen LogP contribution in [0.2, 0.25) is 0 Å². The lowest BCUT2D eigenvalue weighted by molar-refractivity contribution is 0.0526. The maximum Gasteiger partial charge on any atom is 0.338 e. The fourth-order valence-electron chi connectivity index (χ4n) is 1.26. The van der Waals surface area contributed by atoms with Crippen LogP contribution in [0, 0.1) is 0 Å². The monoisotopic (exact) mass is 254 g/mol. The minimum atomic E-state index is -0.291. The third-order valence-electron chi connectivity index (χ3n) is 2.07. The lowest BCUT2D eigenvalue weighted by Gasteiger charge is -2.06. The maximum atomic E-state index is 11.4. The van der Waals surface area contributed by atoms with Crippen molar-refractivity contribution in [3.05, 3.63) is 29.8 Å². The standard InChI is InChI=1S/C13H18O3S/c1-3-15-13(14)11-5-7-12(8-6-11)16-9-10-17-4-2/h5-8H,3-4,9-10H2,1-2H3. The Hall–Kier alpha value is -1.16. The van der Waals surface area contributed by atoms with Crippen molar-refractivity contribution < 1.29 is 14.3 Å². The molecular formula is C13H18O3S. The predicted molar refractivity (Wildman–Crippen MR) is 70.9 cm³/mol. The van der Waals surface area contributed by atoms with E-state index in [9.17, 15) is 4.79 Å². The van der Waals surface area contributed by atoms with E-state index in [2.05, 4.69) is 6.92 Å². The van der Waals surface area contributed by atoms with Crippen molar-refractivity contribution in [1.29, 1.82) is 0 Å². The first-order valence-electron chi connectivity index (χ1n) is 5.75. The summed E-state index contributed by atoms with van der Waals surface area (Å²) in [6.45, 7) is 5.00. The Kier molecular flexibility index (Phi) is 6.55. The molecule has 0 saturated carbocycles. The van der Waals surface area contributed by atoms with E-state index in [-0.39, 0.29) is 5.97 Å². The van der Waals surface area contributed by atoms with E-state index in [4.69, 9.17) is 9.47 Å². The van der Waals surface area contributed by atoms with Crippen LogP contribution in [0.3, 0.4) is 0 Å². The van der Waals surface area contributed by atoms with Crippen molar-refractivity contribution in [2.75, 3.05) is 24.7 Å². The van der Waals surface area contributed by atoms with E-state index in [1.54, 1.807) is 31.2 Å². The molecule has 0 aliphatic heterocycles. The number of ether oxygens (including phenoxy) is 2. The van der Waals surface area contributed by atoms with Gasteiger partial charge in [0.2, 0.25) is 0 Å². The highest BCUT2D eigenvalue weighted by Gasteiger charge is 2.05. The zero-order valence-electron chi connectivity index (χ0n) is 10.3. The van der Waals surface area contributed by atoms with E-state index >= 15 is 0 Å². The number of carbonyl (C=O) groups excluding carboxylic acids is 1.